The number of nitrogens with zero attached hydrogens (tertiary/aromatic N) is 2. The minimum absolute atomic E-state index is 0.515. The lowest BCUT2D eigenvalue weighted by Gasteiger charge is -2.02. The number of benzene rings is 1. The third kappa shape index (κ3) is 1.63. The van der Waals surface area contributed by atoms with Gasteiger partial charge in [-0.05, 0) is 46.2 Å². The molecule has 1 aliphatic rings. The molecule has 0 saturated heterocycles. The number of hydrogen-bond acceptors (Lipinski definition) is 4. The molecule has 0 unspecified atom stereocenters. The Balaban J connectivity index is 2.10. The van der Waals surface area contributed by atoms with Gasteiger partial charge in [-0.3, -0.25) is 0 Å². The largest absolute Gasteiger partial charge is 0.374 e. The predicted octanol–water partition coefficient (Wildman–Crippen LogP) is 3.12. The minimum atomic E-state index is 0.515. The number of nitrogen functional groups attached to an aromatic ring is 1. The summed E-state index contributed by atoms with van der Waals surface area (Å²) >= 11 is 3.79. The molecular weight excluding hydrogens is 333 g/mol. The molecule has 2 N–H and O–H groups in total. The number of allylic oxidation sites excluding steroid dienone is 1. The fourth-order valence-corrected chi connectivity index (χ4v) is 3.10. The zero-order valence-corrected chi connectivity index (χ0v) is 11.2. The van der Waals surface area contributed by atoms with E-state index in [2.05, 4.69) is 57.1 Å². The smallest absolute Gasteiger partial charge is 0.203 e. The van der Waals surface area contributed by atoms with Crippen LogP contribution in [0.1, 0.15) is 11.1 Å². The average Bonchev–Trinajstić information content (AvgIpc) is 2.86. The number of hydrogen-bond donors (Lipinski definition) is 1. The molecule has 0 spiro atoms. The van der Waals surface area contributed by atoms with E-state index < -0.39 is 0 Å². The van der Waals surface area contributed by atoms with Crippen LogP contribution in [0.25, 0.3) is 14.2 Å². The molecule has 16 heavy (non-hydrogen) atoms. The second-order valence-corrected chi connectivity index (χ2v) is 5.74. The number of aromatic nitrogens is 2. The average molecular weight is 341 g/mol. The van der Waals surface area contributed by atoms with Crippen molar-refractivity contribution in [1.29, 1.82) is 0 Å². The van der Waals surface area contributed by atoms with Crippen molar-refractivity contribution < 1.29 is 0 Å². The zero-order valence-electron chi connectivity index (χ0n) is 8.27. The van der Waals surface area contributed by atoms with E-state index in [0.717, 1.165) is 17.0 Å². The molecule has 0 amide bonds. The van der Waals surface area contributed by atoms with Crippen molar-refractivity contribution in [1.82, 2.24) is 10.2 Å². The minimum Gasteiger partial charge on any atom is -0.374 e. The van der Waals surface area contributed by atoms with Crippen LogP contribution in [0.5, 0.6) is 0 Å². The third-order valence-electron chi connectivity index (χ3n) is 2.56. The van der Waals surface area contributed by atoms with Crippen LogP contribution in [0, 0.1) is 0 Å². The van der Waals surface area contributed by atoms with Crippen LogP contribution < -0.4 is 5.73 Å². The highest BCUT2D eigenvalue weighted by molar-refractivity contribution is 14.1. The summed E-state index contributed by atoms with van der Waals surface area (Å²) in [5.41, 5.74) is 9.38. The molecule has 0 radical (unpaired) electrons. The molecule has 0 atom stereocenters. The Morgan fingerprint density at radius 3 is 2.94 bits per heavy atom. The first-order chi connectivity index (χ1) is 7.74. The first-order valence-corrected chi connectivity index (χ1v) is 6.72. The van der Waals surface area contributed by atoms with E-state index in [-0.39, 0.29) is 0 Å². The van der Waals surface area contributed by atoms with Gasteiger partial charge in [0.05, 0.1) is 0 Å². The van der Waals surface area contributed by atoms with Crippen molar-refractivity contribution >= 4 is 42.6 Å². The van der Waals surface area contributed by atoms with Crippen molar-refractivity contribution in [3.8, 4) is 10.6 Å². The second kappa shape index (κ2) is 3.81. The molecule has 3 nitrogen and oxygen atoms in total. The van der Waals surface area contributed by atoms with Gasteiger partial charge >= 0.3 is 0 Å². The van der Waals surface area contributed by atoms with Crippen LogP contribution in [0.3, 0.4) is 0 Å². The topological polar surface area (TPSA) is 51.8 Å². The highest BCUT2D eigenvalue weighted by atomic mass is 127. The maximum absolute atomic E-state index is 5.59. The Hall–Kier alpha value is -0.950. The molecule has 2 aromatic rings. The van der Waals surface area contributed by atoms with Crippen LogP contribution in [0.15, 0.2) is 24.3 Å². The quantitative estimate of drug-likeness (QED) is 0.811. The van der Waals surface area contributed by atoms with Gasteiger partial charge in [0.1, 0.15) is 5.01 Å². The van der Waals surface area contributed by atoms with Crippen LogP contribution in [-0.2, 0) is 6.42 Å². The van der Waals surface area contributed by atoms with Crippen molar-refractivity contribution in [3.63, 3.8) is 0 Å². The van der Waals surface area contributed by atoms with Crippen molar-refractivity contribution in [2.45, 2.75) is 6.42 Å². The van der Waals surface area contributed by atoms with E-state index >= 15 is 0 Å². The Morgan fingerprint density at radius 1 is 1.31 bits per heavy atom. The normalized spacial score (nSPS) is 13.7. The SMILES string of the molecule is Nc1nnc(-c2ccc3c(c2)C(I)=CC3)s1. The molecule has 80 valence electrons. The van der Waals surface area contributed by atoms with Crippen molar-refractivity contribution in [3.05, 3.63) is 35.4 Å². The van der Waals surface area contributed by atoms with E-state index in [1.807, 2.05) is 0 Å². The Kier molecular flexibility index (Phi) is 2.44. The second-order valence-electron chi connectivity index (χ2n) is 3.57. The lowest BCUT2D eigenvalue weighted by Crippen LogP contribution is -1.84. The van der Waals surface area contributed by atoms with Crippen molar-refractivity contribution in [2.24, 2.45) is 0 Å². The maximum Gasteiger partial charge on any atom is 0.203 e. The van der Waals surface area contributed by atoms with E-state index in [4.69, 9.17) is 5.73 Å². The van der Waals surface area contributed by atoms with Gasteiger partial charge in [-0.25, -0.2) is 0 Å². The standard InChI is InChI=1S/C11H8IN3S/c12-9-4-3-6-1-2-7(5-8(6)9)10-14-15-11(13)16-10/h1-2,4-5H,3H2,(H2,13,15). The molecule has 1 aromatic carbocycles. The van der Waals surface area contributed by atoms with Crippen LogP contribution >= 0.6 is 33.9 Å². The van der Waals surface area contributed by atoms with E-state index in [1.165, 1.54) is 26.0 Å². The lowest BCUT2D eigenvalue weighted by molar-refractivity contribution is 1.10. The van der Waals surface area contributed by atoms with Crippen LogP contribution in [0.2, 0.25) is 0 Å². The van der Waals surface area contributed by atoms with Crippen LogP contribution in [-0.4, -0.2) is 10.2 Å². The molecule has 3 rings (SSSR count). The summed E-state index contributed by atoms with van der Waals surface area (Å²) in [4.78, 5) is 0. The number of anilines is 1. The van der Waals surface area contributed by atoms with Crippen LogP contribution in [0.4, 0.5) is 5.13 Å². The fraction of sp³-hybridized carbons (Fsp3) is 0.0909. The van der Waals surface area contributed by atoms with Gasteiger partial charge in [-0.2, -0.15) is 0 Å². The van der Waals surface area contributed by atoms with Gasteiger partial charge in [0.2, 0.25) is 5.13 Å². The first kappa shape index (κ1) is 10.2. The fourth-order valence-electron chi connectivity index (χ4n) is 1.77. The highest BCUT2D eigenvalue weighted by Crippen LogP contribution is 2.35. The monoisotopic (exact) mass is 341 g/mol. The summed E-state index contributed by atoms with van der Waals surface area (Å²) in [6.07, 6.45) is 3.27. The summed E-state index contributed by atoms with van der Waals surface area (Å²) in [5, 5.41) is 9.29. The summed E-state index contributed by atoms with van der Waals surface area (Å²) in [6, 6.07) is 6.41. The number of halogens is 1. The lowest BCUT2D eigenvalue weighted by atomic mass is 10.1. The molecule has 1 aromatic heterocycles. The molecule has 0 fully saturated rings. The summed E-state index contributed by atoms with van der Waals surface area (Å²) < 4.78 is 1.31. The Bertz CT molecular complexity index is 589. The number of nitrogens with two attached hydrogens (primary N) is 1. The summed E-state index contributed by atoms with van der Waals surface area (Å²) in [6.45, 7) is 0. The van der Waals surface area contributed by atoms with Gasteiger partial charge in [0.25, 0.3) is 0 Å². The summed E-state index contributed by atoms with van der Waals surface area (Å²) in [7, 11) is 0. The molecular formula is C11H8IN3S. The predicted molar refractivity (Wildman–Crippen MR) is 75.5 cm³/mol. The first-order valence-electron chi connectivity index (χ1n) is 4.82. The Morgan fingerprint density at radius 2 is 2.19 bits per heavy atom. The number of rotatable bonds is 1. The Labute approximate surface area is 111 Å². The molecule has 5 heteroatoms. The molecule has 0 saturated carbocycles. The maximum atomic E-state index is 5.59. The molecule has 1 heterocycles. The van der Waals surface area contributed by atoms with Gasteiger partial charge < -0.3 is 5.73 Å². The highest BCUT2D eigenvalue weighted by Gasteiger charge is 2.14. The summed E-state index contributed by atoms with van der Waals surface area (Å²) in [5.74, 6) is 0. The van der Waals surface area contributed by atoms with E-state index in [9.17, 15) is 0 Å². The molecule has 0 aliphatic heterocycles. The van der Waals surface area contributed by atoms with Gasteiger partial charge in [-0.1, -0.05) is 29.5 Å². The van der Waals surface area contributed by atoms with Gasteiger partial charge in [0.15, 0.2) is 0 Å². The number of fused-ring (bicyclic) bond motifs is 1. The van der Waals surface area contributed by atoms with E-state index in [1.54, 1.807) is 0 Å². The van der Waals surface area contributed by atoms with E-state index in [0.29, 0.717) is 5.13 Å². The third-order valence-corrected chi connectivity index (χ3v) is 4.38. The zero-order chi connectivity index (χ0) is 11.1. The van der Waals surface area contributed by atoms with Gasteiger partial charge in [0, 0.05) is 9.14 Å². The van der Waals surface area contributed by atoms with Crippen molar-refractivity contribution in [2.75, 3.05) is 5.73 Å². The van der Waals surface area contributed by atoms with Gasteiger partial charge in [-0.15, -0.1) is 10.2 Å². The molecule has 0 bridgehead atoms. The molecule has 1 aliphatic carbocycles.